The van der Waals surface area contributed by atoms with E-state index in [4.69, 9.17) is 4.74 Å². The summed E-state index contributed by atoms with van der Waals surface area (Å²) in [6.45, 7) is 6.76. The Hall–Kier alpha value is -2.38. The highest BCUT2D eigenvalue weighted by molar-refractivity contribution is 5.35. The number of aromatic nitrogens is 5. The minimum atomic E-state index is 0.337. The number of anilines is 2. The van der Waals surface area contributed by atoms with Gasteiger partial charge in [-0.1, -0.05) is 6.92 Å². The zero-order valence-corrected chi connectivity index (χ0v) is 12.4. The molecular weight excluding hydrogens is 270 g/mol. The minimum absolute atomic E-state index is 0.337. The molecule has 0 radical (unpaired) electrons. The summed E-state index contributed by atoms with van der Waals surface area (Å²) in [6, 6.07) is 2.23. The first kappa shape index (κ1) is 15.0. The third-order valence-corrected chi connectivity index (χ3v) is 2.57. The molecule has 0 saturated carbocycles. The Morgan fingerprint density at radius 3 is 2.62 bits per heavy atom. The van der Waals surface area contributed by atoms with Crippen molar-refractivity contribution in [1.29, 1.82) is 0 Å². The second kappa shape index (κ2) is 8.03. The number of nitrogens with zero attached hydrogens (tertiary/aromatic N) is 5. The molecule has 0 amide bonds. The van der Waals surface area contributed by atoms with E-state index in [9.17, 15) is 0 Å². The van der Waals surface area contributed by atoms with Gasteiger partial charge in [-0.3, -0.25) is 4.68 Å². The van der Waals surface area contributed by atoms with Gasteiger partial charge in [0.2, 0.25) is 11.9 Å². The maximum absolute atomic E-state index is 5.48. The molecule has 0 saturated heterocycles. The third-order valence-electron chi connectivity index (χ3n) is 2.57. The number of rotatable bonds is 9. The molecule has 2 aromatic heterocycles. The number of ether oxygens (including phenoxy) is 1. The molecule has 8 heteroatoms. The van der Waals surface area contributed by atoms with Crippen LogP contribution in [0, 0.1) is 0 Å². The van der Waals surface area contributed by atoms with Crippen molar-refractivity contribution in [2.75, 3.05) is 30.3 Å². The predicted molar refractivity (Wildman–Crippen MR) is 80.5 cm³/mol. The summed E-state index contributed by atoms with van der Waals surface area (Å²) in [5.74, 6) is 1.01. The molecule has 0 bridgehead atoms. The maximum Gasteiger partial charge on any atom is 0.323 e. The summed E-state index contributed by atoms with van der Waals surface area (Å²) in [7, 11) is 0. The minimum Gasteiger partial charge on any atom is -0.463 e. The monoisotopic (exact) mass is 291 g/mol. The standard InChI is InChI=1S/C13H21N7O/c1-3-10-21-13-18-11(14-4-2)17-12(19-13)15-7-9-20-8-5-6-16-20/h5-6,8H,3-4,7,9-10H2,1-2H3,(H2,14,15,17,18,19). The predicted octanol–water partition coefficient (Wildman–Crippen LogP) is 1.40. The average Bonchev–Trinajstić information content (AvgIpc) is 2.99. The molecule has 8 nitrogen and oxygen atoms in total. The highest BCUT2D eigenvalue weighted by atomic mass is 16.5. The van der Waals surface area contributed by atoms with Gasteiger partial charge >= 0.3 is 6.01 Å². The number of hydrogen-bond acceptors (Lipinski definition) is 7. The lowest BCUT2D eigenvalue weighted by atomic mass is 10.5. The van der Waals surface area contributed by atoms with Crippen LogP contribution in [0.4, 0.5) is 11.9 Å². The van der Waals surface area contributed by atoms with Crippen LogP contribution < -0.4 is 15.4 Å². The van der Waals surface area contributed by atoms with E-state index in [0.29, 0.717) is 31.1 Å². The average molecular weight is 291 g/mol. The van der Waals surface area contributed by atoms with E-state index in [2.05, 4.69) is 30.7 Å². The second-order valence-corrected chi connectivity index (χ2v) is 4.34. The van der Waals surface area contributed by atoms with Gasteiger partial charge in [0, 0.05) is 25.5 Å². The molecule has 2 heterocycles. The first-order valence-corrected chi connectivity index (χ1v) is 7.16. The maximum atomic E-state index is 5.48. The van der Waals surface area contributed by atoms with Crippen LogP contribution in [0.25, 0.3) is 0 Å². The molecule has 0 aliphatic rings. The molecule has 2 aromatic rings. The fraction of sp³-hybridized carbons (Fsp3) is 0.538. The molecule has 0 atom stereocenters. The summed E-state index contributed by atoms with van der Waals surface area (Å²) < 4.78 is 7.32. The lowest BCUT2D eigenvalue weighted by Gasteiger charge is -2.09. The van der Waals surface area contributed by atoms with Crippen LogP contribution in [-0.2, 0) is 6.54 Å². The normalized spacial score (nSPS) is 10.4. The first-order chi connectivity index (χ1) is 10.3. The molecular formula is C13H21N7O. The van der Waals surface area contributed by atoms with E-state index in [1.165, 1.54) is 0 Å². The molecule has 0 aliphatic carbocycles. The summed E-state index contributed by atoms with van der Waals surface area (Å²) in [5.41, 5.74) is 0. The van der Waals surface area contributed by atoms with Gasteiger partial charge in [0.15, 0.2) is 0 Å². The van der Waals surface area contributed by atoms with Crippen LogP contribution in [0.3, 0.4) is 0 Å². The van der Waals surface area contributed by atoms with E-state index in [1.54, 1.807) is 6.20 Å². The van der Waals surface area contributed by atoms with Crippen LogP contribution in [0.5, 0.6) is 6.01 Å². The Morgan fingerprint density at radius 2 is 1.95 bits per heavy atom. The van der Waals surface area contributed by atoms with Crippen LogP contribution in [-0.4, -0.2) is 44.4 Å². The van der Waals surface area contributed by atoms with Gasteiger partial charge < -0.3 is 15.4 Å². The van der Waals surface area contributed by atoms with Crippen molar-refractivity contribution in [3.05, 3.63) is 18.5 Å². The van der Waals surface area contributed by atoms with Gasteiger partial charge in [0.1, 0.15) is 0 Å². The molecule has 0 unspecified atom stereocenters. The van der Waals surface area contributed by atoms with E-state index >= 15 is 0 Å². The largest absolute Gasteiger partial charge is 0.463 e. The van der Waals surface area contributed by atoms with Crippen molar-refractivity contribution in [1.82, 2.24) is 24.7 Å². The van der Waals surface area contributed by atoms with Gasteiger partial charge in [-0.15, -0.1) is 0 Å². The Balaban J connectivity index is 1.97. The molecule has 0 aliphatic heterocycles. The topological polar surface area (TPSA) is 89.8 Å². The molecule has 0 spiro atoms. The Labute approximate surface area is 124 Å². The highest BCUT2D eigenvalue weighted by Crippen LogP contribution is 2.11. The summed E-state index contributed by atoms with van der Waals surface area (Å²) >= 11 is 0. The molecule has 2 N–H and O–H groups in total. The van der Waals surface area contributed by atoms with Crippen molar-refractivity contribution >= 4 is 11.9 Å². The summed E-state index contributed by atoms with van der Waals surface area (Å²) in [6.07, 6.45) is 4.57. The van der Waals surface area contributed by atoms with Crippen molar-refractivity contribution in [3.63, 3.8) is 0 Å². The number of nitrogens with one attached hydrogen (secondary N) is 2. The van der Waals surface area contributed by atoms with Crippen molar-refractivity contribution < 1.29 is 4.74 Å². The van der Waals surface area contributed by atoms with Crippen LogP contribution in [0.2, 0.25) is 0 Å². The van der Waals surface area contributed by atoms with Crippen molar-refractivity contribution in [2.45, 2.75) is 26.8 Å². The zero-order chi connectivity index (χ0) is 14.9. The SMILES string of the molecule is CCCOc1nc(NCC)nc(NCCn2cccn2)n1. The van der Waals surface area contributed by atoms with Crippen LogP contribution in [0.1, 0.15) is 20.3 Å². The van der Waals surface area contributed by atoms with E-state index < -0.39 is 0 Å². The third kappa shape index (κ3) is 4.90. The lowest BCUT2D eigenvalue weighted by Crippen LogP contribution is -2.15. The van der Waals surface area contributed by atoms with Crippen LogP contribution in [0.15, 0.2) is 18.5 Å². The molecule has 114 valence electrons. The van der Waals surface area contributed by atoms with Crippen LogP contribution >= 0.6 is 0 Å². The molecule has 0 aromatic carbocycles. The van der Waals surface area contributed by atoms with E-state index in [-0.39, 0.29) is 0 Å². The molecule has 21 heavy (non-hydrogen) atoms. The molecule has 0 fully saturated rings. The van der Waals surface area contributed by atoms with Crippen molar-refractivity contribution in [3.8, 4) is 6.01 Å². The first-order valence-electron chi connectivity index (χ1n) is 7.16. The van der Waals surface area contributed by atoms with Crippen molar-refractivity contribution in [2.24, 2.45) is 0 Å². The zero-order valence-electron chi connectivity index (χ0n) is 12.4. The highest BCUT2D eigenvalue weighted by Gasteiger charge is 2.06. The van der Waals surface area contributed by atoms with E-state index in [0.717, 1.165) is 19.5 Å². The number of hydrogen-bond donors (Lipinski definition) is 2. The summed E-state index contributed by atoms with van der Waals surface area (Å²) in [5, 5.41) is 10.4. The van der Waals surface area contributed by atoms with Gasteiger partial charge in [0.25, 0.3) is 0 Å². The Bertz CT molecular complexity index is 529. The summed E-state index contributed by atoms with van der Waals surface area (Å²) in [4.78, 5) is 12.7. The van der Waals surface area contributed by atoms with Gasteiger partial charge in [0.05, 0.1) is 13.2 Å². The second-order valence-electron chi connectivity index (χ2n) is 4.34. The van der Waals surface area contributed by atoms with E-state index in [1.807, 2.05) is 30.8 Å². The lowest BCUT2D eigenvalue weighted by molar-refractivity contribution is 0.292. The molecule has 2 rings (SSSR count). The quantitative estimate of drug-likeness (QED) is 0.721. The Morgan fingerprint density at radius 1 is 1.14 bits per heavy atom. The van der Waals surface area contributed by atoms with Gasteiger partial charge in [-0.25, -0.2) is 0 Å². The fourth-order valence-corrected chi connectivity index (χ4v) is 1.65. The smallest absolute Gasteiger partial charge is 0.323 e. The fourth-order valence-electron chi connectivity index (χ4n) is 1.65. The Kier molecular flexibility index (Phi) is 5.74. The van der Waals surface area contributed by atoms with Gasteiger partial charge in [-0.05, 0) is 19.4 Å². The van der Waals surface area contributed by atoms with Gasteiger partial charge in [-0.2, -0.15) is 20.1 Å².